The number of aliphatic hydroxyl groups is 1. The van der Waals surface area contributed by atoms with Gasteiger partial charge in [0.25, 0.3) is 0 Å². The van der Waals surface area contributed by atoms with E-state index in [1.165, 1.54) is 11.1 Å². The van der Waals surface area contributed by atoms with Gasteiger partial charge in [-0.1, -0.05) is 79.9 Å². The monoisotopic (exact) mass is 449 g/mol. The van der Waals surface area contributed by atoms with Gasteiger partial charge in [0.1, 0.15) is 0 Å². The molecule has 176 valence electrons. The van der Waals surface area contributed by atoms with Crippen molar-refractivity contribution in [1.82, 2.24) is 15.5 Å². The van der Waals surface area contributed by atoms with Crippen LogP contribution in [0.2, 0.25) is 0 Å². The van der Waals surface area contributed by atoms with E-state index in [-0.39, 0.29) is 30.7 Å². The number of carbonyl (C=O) groups excluding carboxylic acids is 2. The average Bonchev–Trinajstić information content (AvgIpc) is 2.85. The van der Waals surface area contributed by atoms with Crippen LogP contribution in [0.25, 0.3) is 0 Å². The number of rotatable bonds is 8. The second-order valence-electron chi connectivity index (χ2n) is 9.44. The highest BCUT2D eigenvalue weighted by Gasteiger charge is 2.35. The number of piperazine rings is 1. The number of carbonyl (C=O) groups is 2. The number of hydrogen-bond donors (Lipinski definition) is 3. The van der Waals surface area contributed by atoms with Crippen molar-refractivity contribution in [3.63, 3.8) is 0 Å². The highest BCUT2D eigenvalue weighted by Crippen LogP contribution is 2.28. The third kappa shape index (κ3) is 6.21. The van der Waals surface area contributed by atoms with Crippen LogP contribution in [0.4, 0.5) is 0 Å². The Labute approximate surface area is 196 Å². The topological polar surface area (TPSA) is 81.7 Å². The molecule has 1 aliphatic carbocycles. The summed E-state index contributed by atoms with van der Waals surface area (Å²) in [6.45, 7) is 2.19. The SMILES string of the molecule is O=C(CC1C(=O)NCCN1CC(c1ccccc1)c1ccccc1)NCC1(O)CCCCC1. The van der Waals surface area contributed by atoms with Crippen LogP contribution in [0.1, 0.15) is 55.6 Å². The smallest absolute Gasteiger partial charge is 0.237 e. The van der Waals surface area contributed by atoms with Crippen molar-refractivity contribution in [3.8, 4) is 0 Å². The van der Waals surface area contributed by atoms with Crippen molar-refractivity contribution in [1.29, 1.82) is 0 Å². The summed E-state index contributed by atoms with van der Waals surface area (Å²) in [5, 5.41) is 16.5. The highest BCUT2D eigenvalue weighted by atomic mass is 16.3. The van der Waals surface area contributed by atoms with E-state index < -0.39 is 11.6 Å². The first-order valence-electron chi connectivity index (χ1n) is 12.1. The maximum Gasteiger partial charge on any atom is 0.237 e. The fraction of sp³-hybridized carbons (Fsp3) is 0.481. The van der Waals surface area contributed by atoms with Crippen molar-refractivity contribution >= 4 is 11.8 Å². The Morgan fingerprint density at radius 2 is 1.64 bits per heavy atom. The molecule has 6 heteroatoms. The van der Waals surface area contributed by atoms with Crippen molar-refractivity contribution in [2.75, 3.05) is 26.2 Å². The van der Waals surface area contributed by atoms with Crippen LogP contribution in [0, 0.1) is 0 Å². The summed E-state index contributed by atoms with van der Waals surface area (Å²) < 4.78 is 0. The summed E-state index contributed by atoms with van der Waals surface area (Å²) in [5.74, 6) is -0.184. The lowest BCUT2D eigenvalue weighted by atomic mass is 9.85. The molecule has 1 heterocycles. The second-order valence-corrected chi connectivity index (χ2v) is 9.44. The Morgan fingerprint density at radius 1 is 1.03 bits per heavy atom. The van der Waals surface area contributed by atoms with Crippen LogP contribution in [-0.2, 0) is 9.59 Å². The Bertz CT molecular complexity index is 873. The molecule has 0 aromatic heterocycles. The lowest BCUT2D eigenvalue weighted by Gasteiger charge is -2.37. The number of nitrogens with one attached hydrogen (secondary N) is 2. The largest absolute Gasteiger partial charge is 0.388 e. The van der Waals surface area contributed by atoms with Crippen molar-refractivity contribution in [2.24, 2.45) is 0 Å². The van der Waals surface area contributed by atoms with Gasteiger partial charge in [-0.2, -0.15) is 0 Å². The van der Waals surface area contributed by atoms with Gasteiger partial charge in [-0.25, -0.2) is 0 Å². The Kier molecular flexibility index (Phi) is 7.78. The molecule has 1 saturated carbocycles. The molecule has 2 aromatic rings. The van der Waals surface area contributed by atoms with E-state index in [4.69, 9.17) is 0 Å². The minimum Gasteiger partial charge on any atom is -0.388 e. The first kappa shape index (κ1) is 23.5. The Hall–Kier alpha value is -2.70. The summed E-state index contributed by atoms with van der Waals surface area (Å²) in [6.07, 6.45) is 4.66. The standard InChI is InChI=1S/C27H35N3O3/c31-25(29-20-27(33)14-8-3-9-15-27)18-24-26(32)28-16-17-30(24)19-23(21-10-4-1-5-11-21)22-12-6-2-7-13-22/h1-2,4-7,10-13,23-24,33H,3,8-9,14-20H2,(H,28,32)(H,29,31). The van der Waals surface area contributed by atoms with Crippen molar-refractivity contribution < 1.29 is 14.7 Å². The maximum atomic E-state index is 12.8. The number of hydrogen-bond acceptors (Lipinski definition) is 4. The molecule has 2 amide bonds. The van der Waals surface area contributed by atoms with Crippen LogP contribution in [0.15, 0.2) is 60.7 Å². The summed E-state index contributed by atoms with van der Waals surface area (Å²) in [7, 11) is 0. The van der Waals surface area contributed by atoms with Crippen LogP contribution in [0.5, 0.6) is 0 Å². The van der Waals surface area contributed by atoms with E-state index >= 15 is 0 Å². The van der Waals surface area contributed by atoms with Gasteiger partial charge in [0.05, 0.1) is 18.1 Å². The lowest BCUT2D eigenvalue weighted by molar-refractivity contribution is -0.134. The van der Waals surface area contributed by atoms with Gasteiger partial charge < -0.3 is 15.7 Å². The average molecular weight is 450 g/mol. The van der Waals surface area contributed by atoms with E-state index in [1.807, 2.05) is 36.4 Å². The van der Waals surface area contributed by atoms with Gasteiger partial charge >= 0.3 is 0 Å². The molecule has 1 aliphatic heterocycles. The van der Waals surface area contributed by atoms with Crippen LogP contribution in [0.3, 0.4) is 0 Å². The molecule has 4 rings (SSSR count). The summed E-state index contributed by atoms with van der Waals surface area (Å²) in [4.78, 5) is 27.7. The molecule has 2 fully saturated rings. The molecule has 0 radical (unpaired) electrons. The predicted octanol–water partition coefficient (Wildman–Crippen LogP) is 2.82. The minimum atomic E-state index is -0.811. The van der Waals surface area contributed by atoms with Crippen molar-refractivity contribution in [2.45, 2.75) is 56.1 Å². The molecule has 33 heavy (non-hydrogen) atoms. The zero-order chi connectivity index (χ0) is 23.1. The van der Waals surface area contributed by atoms with Gasteiger partial charge in [0.15, 0.2) is 0 Å². The molecule has 2 aliphatic rings. The molecule has 2 aromatic carbocycles. The zero-order valence-electron chi connectivity index (χ0n) is 19.2. The van der Waals surface area contributed by atoms with Crippen LogP contribution < -0.4 is 10.6 Å². The third-order valence-corrected chi connectivity index (χ3v) is 7.04. The zero-order valence-corrected chi connectivity index (χ0v) is 19.2. The number of amides is 2. The lowest BCUT2D eigenvalue weighted by Crippen LogP contribution is -2.57. The minimum absolute atomic E-state index is 0.0954. The third-order valence-electron chi connectivity index (χ3n) is 7.04. The summed E-state index contributed by atoms with van der Waals surface area (Å²) in [5.41, 5.74) is 1.57. The quantitative estimate of drug-likeness (QED) is 0.579. The predicted molar refractivity (Wildman–Crippen MR) is 129 cm³/mol. The molecule has 1 saturated heterocycles. The van der Waals surface area contributed by atoms with Crippen LogP contribution in [-0.4, -0.2) is 59.6 Å². The van der Waals surface area contributed by atoms with Gasteiger partial charge in [-0.15, -0.1) is 0 Å². The molecule has 1 atom stereocenters. The Morgan fingerprint density at radius 3 is 2.24 bits per heavy atom. The summed E-state index contributed by atoms with van der Waals surface area (Å²) in [6, 6.07) is 20.1. The second kappa shape index (κ2) is 10.9. The van der Waals surface area contributed by atoms with E-state index in [0.29, 0.717) is 19.6 Å². The fourth-order valence-electron chi connectivity index (χ4n) is 5.11. The van der Waals surface area contributed by atoms with E-state index in [2.05, 4.69) is 39.8 Å². The van der Waals surface area contributed by atoms with Crippen molar-refractivity contribution in [3.05, 3.63) is 71.8 Å². The fourth-order valence-corrected chi connectivity index (χ4v) is 5.11. The van der Waals surface area contributed by atoms with Gasteiger partial charge in [0, 0.05) is 32.1 Å². The van der Waals surface area contributed by atoms with Crippen LogP contribution >= 0.6 is 0 Å². The maximum absolute atomic E-state index is 12.8. The van der Waals surface area contributed by atoms with E-state index in [9.17, 15) is 14.7 Å². The van der Waals surface area contributed by atoms with E-state index in [1.54, 1.807) is 0 Å². The Balaban J connectivity index is 1.45. The number of nitrogens with zero attached hydrogens (tertiary/aromatic N) is 1. The van der Waals surface area contributed by atoms with Gasteiger partial charge in [-0.05, 0) is 24.0 Å². The molecular formula is C27H35N3O3. The first-order valence-corrected chi connectivity index (χ1v) is 12.1. The molecular weight excluding hydrogens is 414 g/mol. The van der Waals surface area contributed by atoms with Gasteiger partial charge in [-0.3, -0.25) is 14.5 Å². The number of benzene rings is 2. The first-order chi connectivity index (χ1) is 16.0. The molecule has 1 unspecified atom stereocenters. The highest BCUT2D eigenvalue weighted by molar-refractivity contribution is 5.88. The normalized spacial score (nSPS) is 20.9. The van der Waals surface area contributed by atoms with Gasteiger partial charge in [0.2, 0.25) is 11.8 Å². The summed E-state index contributed by atoms with van der Waals surface area (Å²) >= 11 is 0. The van der Waals surface area contributed by atoms with E-state index in [0.717, 1.165) is 32.1 Å². The molecule has 0 bridgehead atoms. The molecule has 6 nitrogen and oxygen atoms in total. The molecule has 0 spiro atoms. The molecule has 3 N–H and O–H groups in total.